The second-order valence-corrected chi connectivity index (χ2v) is 3.92. The average molecular weight is 234 g/mol. The quantitative estimate of drug-likeness (QED) is 0.741. The summed E-state index contributed by atoms with van der Waals surface area (Å²) < 4.78 is 5.19. The number of rotatable bonds is 1. The van der Waals surface area contributed by atoms with Crippen LogP contribution < -0.4 is 15.4 Å². The Morgan fingerprint density at radius 1 is 1.47 bits per heavy atom. The van der Waals surface area contributed by atoms with Crippen LogP contribution >= 0.6 is 0 Å². The topological polar surface area (TPSA) is 72.6 Å². The van der Waals surface area contributed by atoms with Gasteiger partial charge in [0.2, 0.25) is 5.91 Å². The molecule has 1 aromatic carbocycles. The van der Waals surface area contributed by atoms with Crippen LogP contribution in [0.1, 0.15) is 23.7 Å². The highest BCUT2D eigenvalue weighted by atomic mass is 16.5. The monoisotopic (exact) mass is 234 g/mol. The van der Waals surface area contributed by atoms with Crippen molar-refractivity contribution in [3.05, 3.63) is 17.7 Å². The number of nitrogens with zero attached hydrogens (tertiary/aromatic N) is 1. The fraction of sp³-hybridized carbons (Fsp3) is 0.333. The lowest BCUT2D eigenvalue weighted by molar-refractivity contribution is -0.116. The molecule has 1 aliphatic heterocycles. The molecule has 1 aromatic rings. The Morgan fingerprint density at radius 3 is 2.76 bits per heavy atom. The first-order chi connectivity index (χ1) is 8.06. The molecule has 0 spiro atoms. The largest absolute Gasteiger partial charge is 0.495 e. The van der Waals surface area contributed by atoms with Gasteiger partial charge in [-0.1, -0.05) is 0 Å². The fourth-order valence-electron chi connectivity index (χ4n) is 2.08. The van der Waals surface area contributed by atoms with Gasteiger partial charge >= 0.3 is 0 Å². The Morgan fingerprint density at radius 2 is 2.18 bits per heavy atom. The average Bonchev–Trinajstić information content (AvgIpc) is 2.29. The van der Waals surface area contributed by atoms with E-state index in [2.05, 4.69) is 0 Å². The van der Waals surface area contributed by atoms with E-state index in [1.54, 1.807) is 12.1 Å². The molecule has 0 bridgehead atoms. The van der Waals surface area contributed by atoms with E-state index in [4.69, 9.17) is 10.5 Å². The molecule has 2 N–H and O–H groups in total. The maximum absolute atomic E-state index is 11.9. The lowest BCUT2D eigenvalue weighted by Gasteiger charge is -2.30. The Kier molecular flexibility index (Phi) is 2.75. The number of benzene rings is 1. The third-order valence-corrected chi connectivity index (χ3v) is 2.88. The number of ether oxygens (including phenoxy) is 1. The number of nitrogens with two attached hydrogens (primary N) is 1. The number of hydrogen-bond donors (Lipinski definition) is 1. The number of hydrogen-bond acceptors (Lipinski definition) is 4. The van der Waals surface area contributed by atoms with Crippen LogP contribution in [0.5, 0.6) is 5.75 Å². The molecule has 0 atom stereocenters. The van der Waals surface area contributed by atoms with Crippen molar-refractivity contribution in [2.24, 2.45) is 0 Å². The number of methoxy groups -OCH3 is 1. The van der Waals surface area contributed by atoms with Crippen molar-refractivity contribution < 1.29 is 14.3 Å². The molecule has 17 heavy (non-hydrogen) atoms. The summed E-state index contributed by atoms with van der Waals surface area (Å²) in [7, 11) is 1.50. The van der Waals surface area contributed by atoms with Crippen LogP contribution in [0.3, 0.4) is 0 Å². The summed E-state index contributed by atoms with van der Waals surface area (Å²) in [5.41, 5.74) is 7.08. The van der Waals surface area contributed by atoms with Crippen molar-refractivity contribution in [3.8, 4) is 5.75 Å². The molecule has 2 rings (SSSR count). The fourth-order valence-corrected chi connectivity index (χ4v) is 2.08. The van der Waals surface area contributed by atoms with E-state index in [1.807, 2.05) is 0 Å². The molecule has 0 unspecified atom stereocenters. The molecule has 5 heteroatoms. The van der Waals surface area contributed by atoms with Crippen molar-refractivity contribution in [3.63, 3.8) is 0 Å². The zero-order chi connectivity index (χ0) is 12.6. The summed E-state index contributed by atoms with van der Waals surface area (Å²) in [6, 6.07) is 3.29. The predicted molar refractivity (Wildman–Crippen MR) is 64.4 cm³/mol. The molecule has 0 radical (unpaired) electrons. The van der Waals surface area contributed by atoms with Crippen LogP contribution in [0.25, 0.3) is 0 Å². The van der Waals surface area contributed by atoms with Gasteiger partial charge in [-0.2, -0.15) is 0 Å². The van der Waals surface area contributed by atoms with Crippen molar-refractivity contribution in [2.45, 2.75) is 13.3 Å². The maximum Gasteiger partial charge on any atom is 0.223 e. The van der Waals surface area contributed by atoms with Gasteiger partial charge in [0.05, 0.1) is 18.4 Å². The molecule has 0 aliphatic carbocycles. The second-order valence-electron chi connectivity index (χ2n) is 3.92. The van der Waals surface area contributed by atoms with Crippen molar-refractivity contribution in [2.75, 3.05) is 24.3 Å². The Labute approximate surface area is 99.2 Å². The number of anilines is 2. The van der Waals surface area contributed by atoms with E-state index in [1.165, 1.54) is 18.9 Å². The van der Waals surface area contributed by atoms with Crippen LogP contribution in [-0.4, -0.2) is 25.3 Å². The number of amides is 1. The van der Waals surface area contributed by atoms with E-state index < -0.39 is 0 Å². The first-order valence-electron chi connectivity index (χ1n) is 5.34. The highest BCUT2D eigenvalue weighted by Gasteiger charge is 2.30. The molecule has 1 aliphatic rings. The normalized spacial score (nSPS) is 14.5. The SMILES string of the molecule is COc1ccc(N)c2c1N(C(C)=O)CCC2=O. The Balaban J connectivity index is 2.70. The summed E-state index contributed by atoms with van der Waals surface area (Å²) in [6.45, 7) is 1.84. The maximum atomic E-state index is 11.9. The van der Waals surface area contributed by atoms with Crippen LogP contribution in [0.4, 0.5) is 11.4 Å². The van der Waals surface area contributed by atoms with Gasteiger partial charge in [0, 0.05) is 25.6 Å². The van der Waals surface area contributed by atoms with Crippen LogP contribution in [0.15, 0.2) is 12.1 Å². The predicted octanol–water partition coefficient (Wildman–Crippen LogP) is 1.22. The van der Waals surface area contributed by atoms with Gasteiger partial charge in [0.1, 0.15) is 5.75 Å². The van der Waals surface area contributed by atoms with E-state index in [9.17, 15) is 9.59 Å². The van der Waals surface area contributed by atoms with E-state index in [-0.39, 0.29) is 11.7 Å². The summed E-state index contributed by atoms with van der Waals surface area (Å²) in [6.07, 6.45) is 0.296. The van der Waals surface area contributed by atoms with Crippen molar-refractivity contribution in [1.82, 2.24) is 0 Å². The van der Waals surface area contributed by atoms with Gasteiger partial charge in [-0.15, -0.1) is 0 Å². The zero-order valence-corrected chi connectivity index (χ0v) is 9.82. The lowest BCUT2D eigenvalue weighted by atomic mass is 9.97. The molecular weight excluding hydrogens is 220 g/mol. The lowest BCUT2D eigenvalue weighted by Crippen LogP contribution is -2.36. The zero-order valence-electron chi connectivity index (χ0n) is 9.82. The number of carbonyl (C=O) groups excluding carboxylic acids is 2. The molecule has 1 amide bonds. The minimum Gasteiger partial charge on any atom is -0.495 e. The van der Waals surface area contributed by atoms with Crippen LogP contribution in [0, 0.1) is 0 Å². The number of ketones is 1. The Hall–Kier alpha value is -2.04. The van der Waals surface area contributed by atoms with Gasteiger partial charge < -0.3 is 15.4 Å². The first-order valence-corrected chi connectivity index (χ1v) is 5.34. The van der Waals surface area contributed by atoms with Gasteiger partial charge in [-0.25, -0.2) is 0 Å². The Bertz CT molecular complexity index is 497. The summed E-state index contributed by atoms with van der Waals surface area (Å²) >= 11 is 0. The van der Waals surface area contributed by atoms with Gasteiger partial charge in [-0.05, 0) is 12.1 Å². The van der Waals surface area contributed by atoms with E-state index >= 15 is 0 Å². The smallest absolute Gasteiger partial charge is 0.223 e. The van der Waals surface area contributed by atoms with Gasteiger partial charge in [0.25, 0.3) is 0 Å². The number of Topliss-reactive ketones (excluding diaryl/α,β-unsaturated/α-hetero) is 1. The second kappa shape index (κ2) is 4.08. The number of nitrogen functional groups attached to an aromatic ring is 1. The molecule has 5 nitrogen and oxygen atoms in total. The molecule has 0 saturated carbocycles. The molecular formula is C12H14N2O3. The molecule has 90 valence electrons. The summed E-state index contributed by atoms with van der Waals surface area (Å²) in [5, 5.41) is 0. The number of fused-ring (bicyclic) bond motifs is 1. The third kappa shape index (κ3) is 1.73. The highest BCUT2D eigenvalue weighted by molar-refractivity contribution is 6.13. The van der Waals surface area contributed by atoms with Gasteiger partial charge in [0.15, 0.2) is 5.78 Å². The first kappa shape index (κ1) is 11.4. The van der Waals surface area contributed by atoms with Crippen molar-refractivity contribution in [1.29, 1.82) is 0 Å². The van der Waals surface area contributed by atoms with Gasteiger partial charge in [-0.3, -0.25) is 9.59 Å². The van der Waals surface area contributed by atoms with Crippen LogP contribution in [0.2, 0.25) is 0 Å². The summed E-state index contributed by atoms with van der Waals surface area (Å²) in [5.74, 6) is 0.328. The molecule has 0 saturated heterocycles. The van der Waals surface area contributed by atoms with E-state index in [0.717, 1.165) is 0 Å². The van der Waals surface area contributed by atoms with Crippen molar-refractivity contribution >= 4 is 23.1 Å². The third-order valence-electron chi connectivity index (χ3n) is 2.88. The minimum atomic E-state index is -0.123. The highest BCUT2D eigenvalue weighted by Crippen LogP contribution is 2.39. The number of carbonyl (C=O) groups is 2. The molecule has 1 heterocycles. The van der Waals surface area contributed by atoms with E-state index in [0.29, 0.717) is 35.7 Å². The molecule has 0 fully saturated rings. The standard InChI is InChI=1S/C12H14N2O3/c1-7(15)14-6-5-9(16)11-8(13)3-4-10(17-2)12(11)14/h3-4H,5-6,13H2,1-2H3. The minimum absolute atomic E-state index is 0.0473. The van der Waals surface area contributed by atoms with Crippen LogP contribution in [-0.2, 0) is 4.79 Å². The summed E-state index contributed by atoms with van der Waals surface area (Å²) in [4.78, 5) is 25.0. The molecule has 0 aromatic heterocycles.